The number of benzene rings is 6. The average molecular weight is 863 g/mol. The first-order valence-electron chi connectivity index (χ1n) is 23.8. The molecule has 7 aromatic rings. The molecule has 11 rings (SSSR count). The highest BCUT2D eigenvalue weighted by Crippen LogP contribution is 2.44. The highest BCUT2D eigenvalue weighted by atomic mass is 16.7. The molecule has 2 fully saturated rings. The van der Waals surface area contributed by atoms with Gasteiger partial charge in [0.25, 0.3) is 0 Å². The lowest BCUT2D eigenvalue weighted by atomic mass is 9.79. The molecule has 2 aliphatic carbocycles. The van der Waals surface area contributed by atoms with Crippen molar-refractivity contribution in [1.82, 2.24) is 0 Å². The first-order valence-corrected chi connectivity index (χ1v) is 23.8. The third kappa shape index (κ3) is 7.49. The Morgan fingerprint density at radius 2 is 0.662 bits per heavy atom. The molecule has 0 bridgehead atoms. The summed E-state index contributed by atoms with van der Waals surface area (Å²) in [5.74, 6) is 0. The van der Waals surface area contributed by atoms with Crippen LogP contribution in [-0.4, -0.2) is 36.6 Å². The lowest BCUT2D eigenvalue weighted by molar-refractivity contribution is 0.00578. The Labute approximate surface area is 385 Å². The topological polar surface area (TPSA) is 56.5 Å². The van der Waals surface area contributed by atoms with Gasteiger partial charge >= 0.3 is 14.2 Å². The third-order valence-corrected chi connectivity index (χ3v) is 15.5. The molecule has 0 amide bonds. The molecule has 0 N–H and O–H groups in total. The van der Waals surface area contributed by atoms with E-state index in [1.165, 1.54) is 47.9 Å². The van der Waals surface area contributed by atoms with Gasteiger partial charge in [-0.3, -0.25) is 0 Å². The largest absolute Gasteiger partial charge is 0.494 e. The summed E-state index contributed by atoms with van der Waals surface area (Å²) in [5, 5.41) is 2.13. The van der Waals surface area contributed by atoms with Gasteiger partial charge in [-0.05, 0) is 225 Å². The van der Waals surface area contributed by atoms with E-state index in [0.29, 0.717) is 0 Å². The van der Waals surface area contributed by atoms with E-state index in [9.17, 15) is 0 Å². The van der Waals surface area contributed by atoms with Crippen LogP contribution in [0, 0.1) is 0 Å². The maximum atomic E-state index is 6.61. The summed E-state index contributed by atoms with van der Waals surface area (Å²) in [7, 11) is -0.855. The molecule has 2 saturated heterocycles. The van der Waals surface area contributed by atoms with Crippen LogP contribution in [0.5, 0.6) is 0 Å². The summed E-state index contributed by atoms with van der Waals surface area (Å²) in [6.45, 7) is 16.8. The van der Waals surface area contributed by atoms with Gasteiger partial charge in [0, 0.05) is 44.9 Å². The van der Waals surface area contributed by atoms with Crippen LogP contribution in [0.4, 0.5) is 34.1 Å². The van der Waals surface area contributed by atoms with E-state index >= 15 is 0 Å². The van der Waals surface area contributed by atoms with E-state index in [0.717, 1.165) is 92.7 Å². The lowest BCUT2D eigenvalue weighted by Gasteiger charge is -2.32. The number of anilines is 6. The Bertz CT molecular complexity index is 2710. The molecule has 7 nitrogen and oxygen atoms in total. The molecule has 65 heavy (non-hydrogen) atoms. The zero-order chi connectivity index (χ0) is 44.9. The summed E-state index contributed by atoms with van der Waals surface area (Å²) in [6.07, 6.45) is 9.43. The predicted molar refractivity (Wildman–Crippen MR) is 268 cm³/mol. The maximum Gasteiger partial charge on any atom is 0.494 e. The third-order valence-electron chi connectivity index (χ3n) is 15.5. The zero-order valence-corrected chi connectivity index (χ0v) is 39.3. The summed E-state index contributed by atoms with van der Waals surface area (Å²) in [6, 6.07) is 44.7. The Morgan fingerprint density at radius 1 is 0.354 bits per heavy atom. The average Bonchev–Trinajstić information content (AvgIpc) is 3.85. The Hall–Kier alpha value is -5.31. The number of nitrogens with zero attached hydrogens (tertiary/aromatic N) is 2. The van der Waals surface area contributed by atoms with E-state index in [1.807, 2.05) is 0 Å². The number of hydrogen-bond donors (Lipinski definition) is 0. The van der Waals surface area contributed by atoms with Gasteiger partial charge in [-0.15, -0.1) is 0 Å². The van der Waals surface area contributed by atoms with E-state index in [4.69, 9.17) is 23.0 Å². The van der Waals surface area contributed by atoms with E-state index < -0.39 is 36.6 Å². The van der Waals surface area contributed by atoms with Crippen LogP contribution in [0.1, 0.15) is 103 Å². The van der Waals surface area contributed by atoms with Crippen molar-refractivity contribution >= 4 is 81.2 Å². The van der Waals surface area contributed by atoms with Crippen LogP contribution in [0.15, 0.2) is 126 Å². The van der Waals surface area contributed by atoms with E-state index in [2.05, 4.69) is 187 Å². The minimum atomic E-state index is -0.428. The Morgan fingerprint density at radius 3 is 1.03 bits per heavy atom. The first kappa shape index (κ1) is 42.3. The summed E-state index contributed by atoms with van der Waals surface area (Å²) >= 11 is 0. The van der Waals surface area contributed by atoms with Crippen LogP contribution in [0.2, 0.25) is 0 Å². The van der Waals surface area contributed by atoms with Crippen molar-refractivity contribution in [3.05, 3.63) is 144 Å². The molecule has 6 aromatic carbocycles. The second-order valence-electron chi connectivity index (χ2n) is 20.8. The highest BCUT2D eigenvalue weighted by molar-refractivity contribution is 6.62. The Balaban J connectivity index is 1.00. The minimum absolute atomic E-state index is 0.411. The quantitative estimate of drug-likeness (QED) is 0.141. The Kier molecular flexibility index (Phi) is 10.2. The van der Waals surface area contributed by atoms with Crippen molar-refractivity contribution in [2.24, 2.45) is 0 Å². The summed E-state index contributed by atoms with van der Waals surface area (Å²) < 4.78 is 32.4. The molecule has 0 atom stereocenters. The SMILES string of the molecule is CC1(C)OB(c2ccc(N(c3ccc4c(c3)CCCC4)c3ccc4oc5ccc(N(c6ccc(B7OC(C)(C)C(C)(C)O7)cc6)c6ccc7c(c6)CCCC7)cc5c4c3)cc2)OC1(C)C. The van der Waals surface area contributed by atoms with Crippen molar-refractivity contribution < 1.29 is 23.0 Å². The fourth-order valence-corrected chi connectivity index (χ4v) is 10.2. The van der Waals surface area contributed by atoms with Gasteiger partial charge in [-0.2, -0.15) is 0 Å². The normalized spacial score (nSPS) is 19.4. The maximum absolute atomic E-state index is 6.61. The molecule has 330 valence electrons. The fraction of sp³-hybridized carbons (Fsp3) is 0.357. The molecule has 2 aliphatic heterocycles. The van der Waals surface area contributed by atoms with E-state index in [-0.39, 0.29) is 0 Å². The lowest BCUT2D eigenvalue weighted by Crippen LogP contribution is -2.41. The van der Waals surface area contributed by atoms with Crippen LogP contribution >= 0.6 is 0 Å². The molecule has 0 unspecified atom stereocenters. The van der Waals surface area contributed by atoms with Gasteiger partial charge in [-0.25, -0.2) is 0 Å². The molecule has 1 aromatic heterocycles. The number of furan rings is 1. The second-order valence-corrected chi connectivity index (χ2v) is 20.8. The molecule has 0 radical (unpaired) electrons. The monoisotopic (exact) mass is 862 g/mol. The predicted octanol–water partition coefficient (Wildman–Crippen LogP) is 12.9. The number of aryl methyl sites for hydroxylation is 4. The van der Waals surface area contributed by atoms with Crippen molar-refractivity contribution in [1.29, 1.82) is 0 Å². The zero-order valence-electron chi connectivity index (χ0n) is 39.3. The molecule has 0 spiro atoms. The smallest absolute Gasteiger partial charge is 0.456 e. The second kappa shape index (κ2) is 15.7. The number of rotatable bonds is 8. The van der Waals surface area contributed by atoms with Crippen LogP contribution < -0.4 is 20.7 Å². The van der Waals surface area contributed by atoms with Gasteiger partial charge < -0.3 is 32.8 Å². The van der Waals surface area contributed by atoms with Crippen molar-refractivity contribution in [3.63, 3.8) is 0 Å². The summed E-state index contributed by atoms with van der Waals surface area (Å²) in [4.78, 5) is 4.76. The van der Waals surface area contributed by atoms with Crippen molar-refractivity contribution in [2.75, 3.05) is 9.80 Å². The molecular formula is C56H60B2N2O5. The number of hydrogen-bond acceptors (Lipinski definition) is 7. The van der Waals surface area contributed by atoms with Crippen LogP contribution in [0.3, 0.4) is 0 Å². The van der Waals surface area contributed by atoms with Gasteiger partial charge in [-0.1, -0.05) is 36.4 Å². The number of fused-ring (bicyclic) bond motifs is 5. The van der Waals surface area contributed by atoms with E-state index in [1.54, 1.807) is 0 Å². The van der Waals surface area contributed by atoms with Gasteiger partial charge in [0.2, 0.25) is 0 Å². The molecule has 4 aliphatic rings. The molecule has 3 heterocycles. The summed E-state index contributed by atoms with van der Waals surface area (Å²) in [5.41, 5.74) is 14.4. The van der Waals surface area contributed by atoms with Crippen molar-refractivity contribution in [3.8, 4) is 0 Å². The van der Waals surface area contributed by atoms with Crippen LogP contribution in [0.25, 0.3) is 21.9 Å². The molecule has 9 heteroatoms. The minimum Gasteiger partial charge on any atom is -0.456 e. The highest BCUT2D eigenvalue weighted by Gasteiger charge is 2.52. The van der Waals surface area contributed by atoms with Crippen LogP contribution in [-0.2, 0) is 44.3 Å². The fourth-order valence-electron chi connectivity index (χ4n) is 10.2. The molecular weight excluding hydrogens is 802 g/mol. The molecule has 0 saturated carbocycles. The van der Waals surface area contributed by atoms with Gasteiger partial charge in [0.05, 0.1) is 22.4 Å². The standard InChI is InChI=1S/C56H60B2N2O5/c1-53(2)54(3,4)63-57(62-53)41-19-25-43(26-20-41)59(45-23-17-37-13-9-11-15-39(37)33-45)47-29-31-51-49(35-47)50-36-48(30-32-52(50)61-51)60(46-24-18-38-14-10-12-16-40(38)34-46)44-27-21-42(22-28-44)58-64-55(5,6)56(7,8)65-58/h17-36H,9-16H2,1-8H3. The first-order chi connectivity index (χ1) is 31.1. The van der Waals surface area contributed by atoms with Gasteiger partial charge in [0.1, 0.15) is 11.2 Å². The van der Waals surface area contributed by atoms with Gasteiger partial charge in [0.15, 0.2) is 0 Å². The van der Waals surface area contributed by atoms with Crippen molar-refractivity contribution in [2.45, 2.75) is 129 Å².